The summed E-state index contributed by atoms with van der Waals surface area (Å²) in [4.78, 5) is 15.4. The van der Waals surface area contributed by atoms with Crippen molar-refractivity contribution in [2.75, 3.05) is 24.4 Å². The zero-order chi connectivity index (χ0) is 23.3. The second-order valence-corrected chi connectivity index (χ2v) is 10.1. The van der Waals surface area contributed by atoms with Gasteiger partial charge in [0.05, 0.1) is 10.9 Å². The average Bonchev–Trinajstić information content (AvgIpc) is 3.36. The number of carbonyl (C=O) groups is 1. The molecule has 0 radical (unpaired) electrons. The Morgan fingerprint density at radius 2 is 1.64 bits per heavy atom. The number of amides is 1. The number of sulfonamides is 1. The minimum atomic E-state index is -3.81. The number of aryl methyl sites for hydroxylation is 1. The fraction of sp³-hybridized carbons (Fsp3) is 0.269. The molecule has 3 aromatic carbocycles. The first-order valence-corrected chi connectivity index (χ1v) is 12.7. The zero-order valence-corrected chi connectivity index (χ0v) is 19.5. The van der Waals surface area contributed by atoms with Gasteiger partial charge in [0.2, 0.25) is 0 Å². The molecule has 7 heteroatoms. The molecule has 1 saturated heterocycles. The third kappa shape index (κ3) is 5.80. The Balaban J connectivity index is 1.47. The van der Waals surface area contributed by atoms with E-state index >= 15 is 0 Å². The van der Waals surface area contributed by atoms with E-state index in [4.69, 9.17) is 0 Å². The van der Waals surface area contributed by atoms with E-state index < -0.39 is 10.0 Å². The molecular formula is C26H29N3O3S. The Bertz CT molecular complexity index is 1190. The molecule has 1 atom stereocenters. The molecular weight excluding hydrogens is 434 g/mol. The van der Waals surface area contributed by atoms with Gasteiger partial charge in [-0.25, -0.2) is 8.42 Å². The summed E-state index contributed by atoms with van der Waals surface area (Å²) < 4.78 is 28.2. The summed E-state index contributed by atoms with van der Waals surface area (Å²) in [5.74, 6) is -0.289. The van der Waals surface area contributed by atoms with Crippen LogP contribution in [0, 0.1) is 6.92 Å². The van der Waals surface area contributed by atoms with Crippen LogP contribution in [0.4, 0.5) is 5.69 Å². The molecule has 2 N–H and O–H groups in total. The predicted molar refractivity (Wildman–Crippen MR) is 131 cm³/mol. The molecule has 0 spiro atoms. The molecule has 1 amide bonds. The van der Waals surface area contributed by atoms with Crippen LogP contribution < -0.4 is 10.0 Å². The third-order valence-corrected chi connectivity index (χ3v) is 7.31. The highest BCUT2D eigenvalue weighted by Gasteiger charge is 2.24. The van der Waals surface area contributed by atoms with Crippen LogP contribution in [-0.4, -0.2) is 38.9 Å². The molecule has 0 bridgehead atoms. The molecule has 1 aliphatic rings. The summed E-state index contributed by atoms with van der Waals surface area (Å²) >= 11 is 0. The maximum absolute atomic E-state index is 12.9. The molecule has 172 valence electrons. The molecule has 0 aliphatic carbocycles. The van der Waals surface area contributed by atoms with Gasteiger partial charge >= 0.3 is 0 Å². The first kappa shape index (κ1) is 23.0. The Kier molecular flexibility index (Phi) is 7.11. The third-order valence-electron chi connectivity index (χ3n) is 5.93. The van der Waals surface area contributed by atoms with Crippen LogP contribution in [0.15, 0.2) is 83.8 Å². The summed E-state index contributed by atoms with van der Waals surface area (Å²) in [5, 5.41) is 3.01. The first-order valence-electron chi connectivity index (χ1n) is 11.2. The standard InChI is InChI=1S/C26H29N3O3S/c1-20-12-14-23(15-13-20)28-33(31,32)24-11-7-10-22(18-24)26(30)27-19-25(29-16-5-6-17-29)21-8-3-2-4-9-21/h2-4,7-15,18,25,28H,5-6,16-17,19H2,1H3,(H,27,30). The molecule has 0 saturated carbocycles. The van der Waals surface area contributed by atoms with Crippen molar-refractivity contribution < 1.29 is 13.2 Å². The van der Waals surface area contributed by atoms with Crippen LogP contribution >= 0.6 is 0 Å². The van der Waals surface area contributed by atoms with Crippen LogP contribution in [0.1, 0.15) is 40.4 Å². The van der Waals surface area contributed by atoms with Crippen molar-refractivity contribution in [3.63, 3.8) is 0 Å². The van der Waals surface area contributed by atoms with E-state index in [0.717, 1.165) is 31.5 Å². The number of benzene rings is 3. The van der Waals surface area contributed by atoms with Gasteiger partial charge in [0.15, 0.2) is 0 Å². The zero-order valence-electron chi connectivity index (χ0n) is 18.7. The number of anilines is 1. The largest absolute Gasteiger partial charge is 0.350 e. The van der Waals surface area contributed by atoms with Crippen LogP contribution in [0.2, 0.25) is 0 Å². The lowest BCUT2D eigenvalue weighted by Gasteiger charge is -2.28. The number of nitrogens with zero attached hydrogens (tertiary/aromatic N) is 1. The van der Waals surface area contributed by atoms with Crippen LogP contribution in [0.25, 0.3) is 0 Å². The van der Waals surface area contributed by atoms with Gasteiger partial charge in [-0.15, -0.1) is 0 Å². The molecule has 4 rings (SSSR count). The lowest BCUT2D eigenvalue weighted by Crippen LogP contribution is -2.36. The fourth-order valence-corrected chi connectivity index (χ4v) is 5.22. The number of carbonyl (C=O) groups excluding carboxylic acids is 1. The van der Waals surface area contributed by atoms with E-state index in [0.29, 0.717) is 17.8 Å². The summed E-state index contributed by atoms with van der Waals surface area (Å²) in [6.07, 6.45) is 2.32. The highest BCUT2D eigenvalue weighted by atomic mass is 32.2. The maximum atomic E-state index is 12.9. The summed E-state index contributed by atoms with van der Waals surface area (Å²) in [6, 6.07) is 23.5. The first-order chi connectivity index (χ1) is 15.9. The maximum Gasteiger partial charge on any atom is 0.261 e. The van der Waals surface area contributed by atoms with Gasteiger partial charge in [-0.1, -0.05) is 54.1 Å². The second kappa shape index (κ2) is 10.2. The lowest BCUT2D eigenvalue weighted by molar-refractivity contribution is 0.0937. The molecule has 0 aromatic heterocycles. The smallest absolute Gasteiger partial charge is 0.261 e. The average molecular weight is 464 g/mol. The Labute approximate surface area is 195 Å². The fourth-order valence-electron chi connectivity index (χ4n) is 4.12. The highest BCUT2D eigenvalue weighted by molar-refractivity contribution is 7.92. The number of rotatable bonds is 8. The number of likely N-dealkylation sites (tertiary alicyclic amines) is 1. The molecule has 1 fully saturated rings. The van der Waals surface area contributed by atoms with Crippen molar-refractivity contribution >= 4 is 21.6 Å². The molecule has 1 heterocycles. The SMILES string of the molecule is Cc1ccc(NS(=O)(=O)c2cccc(C(=O)NCC(c3ccccc3)N3CCCC3)c2)cc1. The van der Waals surface area contributed by atoms with Gasteiger partial charge < -0.3 is 5.32 Å². The van der Waals surface area contributed by atoms with Crippen molar-refractivity contribution in [1.82, 2.24) is 10.2 Å². The van der Waals surface area contributed by atoms with Gasteiger partial charge in [0.1, 0.15) is 0 Å². The number of hydrogen-bond acceptors (Lipinski definition) is 4. The van der Waals surface area contributed by atoms with Gasteiger partial charge in [-0.2, -0.15) is 0 Å². The lowest BCUT2D eigenvalue weighted by atomic mass is 10.1. The number of nitrogens with one attached hydrogen (secondary N) is 2. The van der Waals surface area contributed by atoms with Crippen molar-refractivity contribution in [3.8, 4) is 0 Å². The molecule has 6 nitrogen and oxygen atoms in total. The van der Waals surface area contributed by atoms with E-state index in [1.165, 1.54) is 17.7 Å². The Hall–Kier alpha value is -3.16. The van der Waals surface area contributed by atoms with Crippen LogP contribution in [0.5, 0.6) is 0 Å². The summed E-state index contributed by atoms with van der Waals surface area (Å²) in [5.41, 5.74) is 3.00. The van der Waals surface area contributed by atoms with E-state index in [9.17, 15) is 13.2 Å². The Morgan fingerprint density at radius 1 is 0.939 bits per heavy atom. The van der Waals surface area contributed by atoms with Gasteiger partial charge in [-0.3, -0.25) is 14.4 Å². The highest BCUT2D eigenvalue weighted by Crippen LogP contribution is 2.25. The Morgan fingerprint density at radius 3 is 2.33 bits per heavy atom. The predicted octanol–water partition coefficient (Wildman–Crippen LogP) is 4.36. The monoisotopic (exact) mass is 463 g/mol. The van der Waals surface area contributed by atoms with E-state index in [-0.39, 0.29) is 16.8 Å². The summed E-state index contributed by atoms with van der Waals surface area (Å²) in [6.45, 7) is 4.41. The molecule has 3 aromatic rings. The van der Waals surface area contributed by atoms with Crippen LogP contribution in [0.3, 0.4) is 0 Å². The van der Waals surface area contributed by atoms with Gasteiger partial charge in [-0.05, 0) is 68.8 Å². The summed E-state index contributed by atoms with van der Waals surface area (Å²) in [7, 11) is -3.81. The van der Waals surface area contributed by atoms with E-state index in [1.807, 2.05) is 37.3 Å². The van der Waals surface area contributed by atoms with Crippen LogP contribution in [-0.2, 0) is 10.0 Å². The topological polar surface area (TPSA) is 78.5 Å². The minimum absolute atomic E-state index is 0.0508. The molecule has 33 heavy (non-hydrogen) atoms. The van der Waals surface area contributed by atoms with Crippen molar-refractivity contribution in [2.24, 2.45) is 0 Å². The molecule has 1 unspecified atom stereocenters. The number of hydrogen-bond donors (Lipinski definition) is 2. The quantitative estimate of drug-likeness (QED) is 0.520. The van der Waals surface area contributed by atoms with Crippen molar-refractivity contribution in [3.05, 3.63) is 95.6 Å². The van der Waals surface area contributed by atoms with E-state index in [1.54, 1.807) is 24.3 Å². The second-order valence-electron chi connectivity index (χ2n) is 8.38. The van der Waals surface area contributed by atoms with Crippen molar-refractivity contribution in [1.29, 1.82) is 0 Å². The van der Waals surface area contributed by atoms with E-state index in [2.05, 4.69) is 27.1 Å². The van der Waals surface area contributed by atoms with Gasteiger partial charge in [0, 0.05) is 17.8 Å². The minimum Gasteiger partial charge on any atom is -0.350 e. The van der Waals surface area contributed by atoms with Gasteiger partial charge in [0.25, 0.3) is 15.9 Å². The molecule has 1 aliphatic heterocycles. The van der Waals surface area contributed by atoms with Crippen molar-refractivity contribution in [2.45, 2.75) is 30.7 Å². The normalized spacial score (nSPS) is 15.2.